The zero-order valence-electron chi connectivity index (χ0n) is 10.5. The summed E-state index contributed by atoms with van der Waals surface area (Å²) in [5.74, 6) is -0.183. The van der Waals surface area contributed by atoms with Crippen molar-refractivity contribution in [3.63, 3.8) is 0 Å². The zero-order chi connectivity index (χ0) is 13.4. The Morgan fingerprint density at radius 3 is 2.39 bits per heavy atom. The predicted octanol–water partition coefficient (Wildman–Crippen LogP) is 3.69. The molecular weight excluding hydrogens is 274 g/mol. The first kappa shape index (κ1) is 13.9. The maximum Gasteiger partial charge on any atom is 0.160 e. The van der Waals surface area contributed by atoms with Gasteiger partial charge in [0.05, 0.1) is 10.0 Å². The predicted molar refractivity (Wildman–Crippen MR) is 75.0 cm³/mol. The number of rotatable bonds is 1. The normalized spacial score (nSPS) is 28.6. The van der Waals surface area contributed by atoms with Crippen LogP contribution in [0.1, 0.15) is 20.3 Å². The van der Waals surface area contributed by atoms with Gasteiger partial charge in [0.15, 0.2) is 5.82 Å². The van der Waals surface area contributed by atoms with Crippen LogP contribution in [0.25, 0.3) is 0 Å². The average molecular weight is 291 g/mol. The van der Waals surface area contributed by atoms with Crippen molar-refractivity contribution < 1.29 is 4.39 Å². The molecule has 2 N–H and O–H groups in total. The van der Waals surface area contributed by atoms with Crippen LogP contribution in [0.4, 0.5) is 10.1 Å². The number of hydrogen-bond acceptors (Lipinski definition) is 2. The van der Waals surface area contributed by atoms with Gasteiger partial charge in [-0.1, -0.05) is 30.1 Å². The van der Waals surface area contributed by atoms with Crippen LogP contribution in [0, 0.1) is 11.7 Å². The minimum atomic E-state index is -0.559. The quantitative estimate of drug-likeness (QED) is 0.799. The molecule has 0 aromatic heterocycles. The Morgan fingerprint density at radius 1 is 1.28 bits per heavy atom. The molecule has 0 aliphatic carbocycles. The van der Waals surface area contributed by atoms with E-state index in [2.05, 4.69) is 18.7 Å². The van der Waals surface area contributed by atoms with Crippen molar-refractivity contribution in [2.75, 3.05) is 11.4 Å². The number of nitrogens with zero attached hydrogens (tertiary/aromatic N) is 1. The van der Waals surface area contributed by atoms with E-state index >= 15 is 0 Å². The van der Waals surface area contributed by atoms with Crippen LogP contribution in [0.15, 0.2) is 12.1 Å². The molecule has 18 heavy (non-hydrogen) atoms. The molecule has 3 atom stereocenters. The van der Waals surface area contributed by atoms with Gasteiger partial charge in [0.1, 0.15) is 0 Å². The molecule has 1 aromatic carbocycles. The Hall–Kier alpha value is -0.510. The molecule has 1 aliphatic rings. The summed E-state index contributed by atoms with van der Waals surface area (Å²) in [6.07, 6.45) is 0.915. The van der Waals surface area contributed by atoms with Crippen molar-refractivity contribution in [3.05, 3.63) is 28.0 Å². The van der Waals surface area contributed by atoms with E-state index in [0.29, 0.717) is 5.92 Å². The van der Waals surface area contributed by atoms with Gasteiger partial charge in [-0.3, -0.25) is 0 Å². The van der Waals surface area contributed by atoms with Crippen molar-refractivity contribution in [1.29, 1.82) is 0 Å². The first-order valence-corrected chi connectivity index (χ1v) is 6.84. The van der Waals surface area contributed by atoms with Crippen LogP contribution >= 0.6 is 23.2 Å². The molecule has 1 aromatic rings. The monoisotopic (exact) mass is 290 g/mol. The molecular formula is C13H17Cl2FN2. The van der Waals surface area contributed by atoms with Gasteiger partial charge >= 0.3 is 0 Å². The topological polar surface area (TPSA) is 29.3 Å². The van der Waals surface area contributed by atoms with E-state index < -0.39 is 5.82 Å². The highest BCUT2D eigenvalue weighted by Crippen LogP contribution is 2.33. The number of nitrogens with two attached hydrogens (primary N) is 1. The van der Waals surface area contributed by atoms with Crippen LogP contribution in [-0.4, -0.2) is 18.6 Å². The van der Waals surface area contributed by atoms with E-state index in [1.165, 1.54) is 0 Å². The minimum Gasteiger partial charge on any atom is -0.368 e. The Kier molecular flexibility index (Phi) is 4.05. The third-order valence-electron chi connectivity index (χ3n) is 3.93. The van der Waals surface area contributed by atoms with Crippen molar-refractivity contribution >= 4 is 28.9 Å². The fourth-order valence-corrected chi connectivity index (χ4v) is 2.94. The molecule has 5 heteroatoms. The van der Waals surface area contributed by atoms with E-state index in [0.717, 1.165) is 18.7 Å². The molecule has 0 bridgehead atoms. The minimum absolute atomic E-state index is 0.0622. The fourth-order valence-electron chi connectivity index (χ4n) is 2.47. The molecule has 0 amide bonds. The van der Waals surface area contributed by atoms with E-state index in [-0.39, 0.29) is 22.1 Å². The summed E-state index contributed by atoms with van der Waals surface area (Å²) in [4.78, 5) is 2.19. The second-order valence-corrected chi connectivity index (χ2v) is 5.78. The lowest BCUT2D eigenvalue weighted by Crippen LogP contribution is -2.51. The van der Waals surface area contributed by atoms with Gasteiger partial charge in [0.25, 0.3) is 0 Å². The SMILES string of the molecule is CC1C(N)CCN(c2cc(Cl)c(F)c(Cl)c2)C1C. The summed E-state index contributed by atoms with van der Waals surface area (Å²) >= 11 is 11.7. The third kappa shape index (κ3) is 2.44. The van der Waals surface area contributed by atoms with Crippen molar-refractivity contribution in [1.82, 2.24) is 0 Å². The second-order valence-electron chi connectivity index (χ2n) is 4.97. The van der Waals surface area contributed by atoms with Gasteiger partial charge < -0.3 is 10.6 Å². The Bertz CT molecular complexity index is 430. The van der Waals surface area contributed by atoms with Crippen LogP contribution in [-0.2, 0) is 0 Å². The van der Waals surface area contributed by atoms with Crippen LogP contribution in [0.3, 0.4) is 0 Å². The number of piperidine rings is 1. The molecule has 3 unspecified atom stereocenters. The van der Waals surface area contributed by atoms with Gasteiger partial charge in [-0.05, 0) is 31.4 Å². The summed E-state index contributed by atoms with van der Waals surface area (Å²) in [6, 6.07) is 3.75. The summed E-state index contributed by atoms with van der Waals surface area (Å²) in [5.41, 5.74) is 6.91. The number of hydrogen-bond donors (Lipinski definition) is 1. The van der Waals surface area contributed by atoms with Gasteiger partial charge in [-0.15, -0.1) is 0 Å². The summed E-state index contributed by atoms with van der Waals surface area (Å²) in [6.45, 7) is 5.09. The van der Waals surface area contributed by atoms with E-state index in [4.69, 9.17) is 28.9 Å². The maximum absolute atomic E-state index is 13.4. The summed E-state index contributed by atoms with van der Waals surface area (Å²) in [5, 5.41) is 0.124. The standard InChI is InChI=1S/C13H17Cl2FN2/c1-7-8(2)18(4-3-12(7)17)9-5-10(14)13(16)11(15)6-9/h5-8,12H,3-4,17H2,1-2H3. The number of halogens is 3. The fraction of sp³-hybridized carbons (Fsp3) is 0.538. The van der Waals surface area contributed by atoms with Crippen LogP contribution < -0.4 is 10.6 Å². The van der Waals surface area contributed by atoms with Crippen molar-refractivity contribution in [3.8, 4) is 0 Å². The number of benzene rings is 1. The van der Waals surface area contributed by atoms with E-state index in [1.807, 2.05) is 0 Å². The Morgan fingerprint density at radius 2 is 1.83 bits per heavy atom. The highest BCUT2D eigenvalue weighted by atomic mass is 35.5. The lowest BCUT2D eigenvalue weighted by Gasteiger charge is -2.43. The maximum atomic E-state index is 13.4. The average Bonchev–Trinajstić information content (AvgIpc) is 2.33. The molecule has 0 spiro atoms. The highest BCUT2D eigenvalue weighted by molar-refractivity contribution is 6.35. The van der Waals surface area contributed by atoms with Crippen LogP contribution in [0.5, 0.6) is 0 Å². The van der Waals surface area contributed by atoms with Crippen LogP contribution in [0.2, 0.25) is 10.0 Å². The molecule has 1 saturated heterocycles. The molecule has 0 saturated carbocycles. The Balaban J connectivity index is 2.32. The van der Waals surface area contributed by atoms with Gasteiger partial charge in [-0.2, -0.15) is 0 Å². The van der Waals surface area contributed by atoms with E-state index in [9.17, 15) is 4.39 Å². The second kappa shape index (κ2) is 5.24. The largest absolute Gasteiger partial charge is 0.368 e. The molecule has 1 aliphatic heterocycles. The van der Waals surface area contributed by atoms with Gasteiger partial charge in [0.2, 0.25) is 0 Å². The molecule has 1 fully saturated rings. The first-order chi connectivity index (χ1) is 8.41. The van der Waals surface area contributed by atoms with Gasteiger partial charge in [-0.25, -0.2) is 4.39 Å². The van der Waals surface area contributed by atoms with Gasteiger partial charge in [0, 0.05) is 24.3 Å². The number of anilines is 1. The highest BCUT2D eigenvalue weighted by Gasteiger charge is 2.30. The zero-order valence-corrected chi connectivity index (χ0v) is 12.0. The van der Waals surface area contributed by atoms with Crippen molar-refractivity contribution in [2.45, 2.75) is 32.4 Å². The Labute approximate surface area is 117 Å². The summed E-state index contributed by atoms with van der Waals surface area (Å²) in [7, 11) is 0. The molecule has 2 rings (SSSR count). The first-order valence-electron chi connectivity index (χ1n) is 6.08. The molecule has 100 valence electrons. The third-order valence-corrected chi connectivity index (χ3v) is 4.48. The molecule has 2 nitrogen and oxygen atoms in total. The summed E-state index contributed by atoms with van der Waals surface area (Å²) < 4.78 is 13.4. The molecule has 0 radical (unpaired) electrons. The molecule has 1 heterocycles. The van der Waals surface area contributed by atoms with E-state index in [1.54, 1.807) is 12.1 Å². The smallest absolute Gasteiger partial charge is 0.160 e. The lowest BCUT2D eigenvalue weighted by atomic mass is 9.87. The van der Waals surface area contributed by atoms with Crippen molar-refractivity contribution in [2.24, 2.45) is 11.7 Å². The lowest BCUT2D eigenvalue weighted by molar-refractivity contribution is 0.315.